The highest BCUT2D eigenvalue weighted by Gasteiger charge is 2.70. The van der Waals surface area contributed by atoms with E-state index in [9.17, 15) is 51.1 Å². The Morgan fingerprint density at radius 3 is 2.13 bits per heavy atom. The van der Waals surface area contributed by atoms with Gasteiger partial charge in [0, 0.05) is 17.8 Å². The molecule has 4 saturated heterocycles. The SMILES string of the molecule is CC1C2C(CC3C4CC=C5CC(O)CC(O[C@@H]6OC[C@@H](O)[C@H](O[C@@H]7OC[C@@H](O)[C@H](O)[C@H]7O)[C@H]6O[C@@H]6O[C@@H](C)[C@@H](O)[C@@H](O)[C@H]6O)C5(C)C4CCC32C)CC12OC[C@H](C)[C@@H](O)[C@H]2O. The fourth-order valence-electron chi connectivity index (χ4n) is 14.5. The zero-order chi connectivity index (χ0) is 43.7. The van der Waals surface area contributed by atoms with Gasteiger partial charge in [0.2, 0.25) is 0 Å². The van der Waals surface area contributed by atoms with E-state index in [-0.39, 0.29) is 42.8 Å². The summed E-state index contributed by atoms with van der Waals surface area (Å²) in [7, 11) is 0. The van der Waals surface area contributed by atoms with Crippen molar-refractivity contribution in [2.24, 2.45) is 52.3 Å². The number of aliphatic hydroxyl groups excluding tert-OH is 10. The Bertz CT molecular complexity index is 1620. The molecular formula is C44H70O17. The molecule has 4 heterocycles. The summed E-state index contributed by atoms with van der Waals surface area (Å²) < 4.78 is 43.6. The number of rotatable bonds is 6. The topological polar surface area (TPSA) is 267 Å². The third-order valence-corrected chi connectivity index (χ3v) is 17.9. The quantitative estimate of drug-likeness (QED) is 0.145. The zero-order valence-corrected chi connectivity index (χ0v) is 35.8. The minimum atomic E-state index is -1.73. The van der Waals surface area contributed by atoms with Gasteiger partial charge < -0.3 is 84.2 Å². The molecule has 0 aromatic rings. The zero-order valence-electron chi connectivity index (χ0n) is 35.8. The fraction of sp³-hybridized carbons (Fsp3) is 0.955. The van der Waals surface area contributed by atoms with Gasteiger partial charge in [-0.15, -0.1) is 0 Å². The van der Waals surface area contributed by atoms with Gasteiger partial charge >= 0.3 is 0 Å². The molecule has 0 aromatic heterocycles. The lowest BCUT2D eigenvalue weighted by atomic mass is 9.46. The molecule has 27 atom stereocenters. The highest BCUT2D eigenvalue weighted by Crippen LogP contribution is 2.73. The smallest absolute Gasteiger partial charge is 0.187 e. The van der Waals surface area contributed by atoms with Crippen LogP contribution in [0.25, 0.3) is 0 Å². The summed E-state index contributed by atoms with van der Waals surface area (Å²) in [5.74, 6) is 1.44. The van der Waals surface area contributed by atoms with Gasteiger partial charge in [-0.2, -0.15) is 0 Å². The molecule has 0 amide bonds. The molecule has 0 aromatic carbocycles. The van der Waals surface area contributed by atoms with Crippen molar-refractivity contribution in [2.45, 2.75) is 189 Å². The molecule has 8 fully saturated rings. The van der Waals surface area contributed by atoms with Crippen LogP contribution in [0.15, 0.2) is 11.6 Å². The van der Waals surface area contributed by atoms with Gasteiger partial charge in [0.15, 0.2) is 18.9 Å². The molecule has 0 bridgehead atoms. The second kappa shape index (κ2) is 16.4. The normalized spacial score (nSPS) is 59.6. The Balaban J connectivity index is 0.994. The molecule has 348 valence electrons. The summed E-state index contributed by atoms with van der Waals surface area (Å²) in [4.78, 5) is 0. The average Bonchev–Trinajstić information content (AvgIpc) is 3.68. The van der Waals surface area contributed by atoms with Crippen molar-refractivity contribution in [2.75, 3.05) is 19.8 Å². The highest BCUT2D eigenvalue weighted by molar-refractivity contribution is 5.29. The van der Waals surface area contributed by atoms with Crippen LogP contribution in [0.3, 0.4) is 0 Å². The second-order valence-corrected chi connectivity index (χ2v) is 21.0. The van der Waals surface area contributed by atoms with E-state index in [2.05, 4.69) is 26.8 Å². The highest BCUT2D eigenvalue weighted by atomic mass is 16.8. The first-order chi connectivity index (χ1) is 28.8. The molecule has 9 rings (SSSR count). The Kier molecular flexibility index (Phi) is 12.2. The third-order valence-electron chi connectivity index (χ3n) is 17.9. The second-order valence-electron chi connectivity index (χ2n) is 21.0. The van der Waals surface area contributed by atoms with Gasteiger partial charge in [-0.25, -0.2) is 0 Å². The molecule has 4 aliphatic heterocycles. The first-order valence-corrected chi connectivity index (χ1v) is 22.8. The predicted octanol–water partition coefficient (Wildman–Crippen LogP) is -0.932. The molecule has 10 N–H and O–H groups in total. The van der Waals surface area contributed by atoms with E-state index < -0.39 is 115 Å². The van der Waals surface area contributed by atoms with Gasteiger partial charge in [-0.3, -0.25) is 0 Å². The molecule has 17 heteroatoms. The summed E-state index contributed by atoms with van der Waals surface area (Å²) in [6.45, 7) is 10.0. The molecular weight excluding hydrogens is 800 g/mol. The first-order valence-electron chi connectivity index (χ1n) is 22.8. The van der Waals surface area contributed by atoms with Crippen LogP contribution >= 0.6 is 0 Å². The molecule has 0 radical (unpaired) electrons. The summed E-state index contributed by atoms with van der Waals surface area (Å²) in [5.41, 5.74) is -0.232. The molecule has 9 aliphatic rings. The van der Waals surface area contributed by atoms with E-state index in [1.807, 2.05) is 6.92 Å². The number of hydrogen-bond acceptors (Lipinski definition) is 17. The average molecular weight is 871 g/mol. The lowest BCUT2D eigenvalue weighted by Crippen LogP contribution is -2.65. The number of aliphatic hydroxyl groups is 10. The largest absolute Gasteiger partial charge is 0.393 e. The minimum absolute atomic E-state index is 0.0182. The first kappa shape index (κ1) is 45.2. The molecule has 1 spiro atoms. The van der Waals surface area contributed by atoms with Crippen molar-refractivity contribution in [1.29, 1.82) is 0 Å². The van der Waals surface area contributed by atoms with Gasteiger partial charge in [-0.05, 0) is 86.4 Å². The standard InChI is InChI=1S/C44H70O17/c1-17-14-57-44(38(54)30(17)48)13-20-10-25-23-7-6-21-11-22(45)12-28(43(21,5)24(23)8-9-42(25,4)29(20)18(44)2)59-41-37(61-40-35(53)33(51)31(49)19(3)58-40)36(27(47)16-56-41)60-39-34(52)32(50)26(46)15-55-39/h6,17-20,22-41,45-54H,7-16H2,1-5H3/t17-,18?,19-,20?,22?,23?,24?,25?,26+,27+,28?,29?,30+,31+,32-,33+,34+,35+,36-,37+,38+,39-,40-,41-,42?,43?,44?/m0/s1. The number of hydrogen-bond donors (Lipinski definition) is 10. The van der Waals surface area contributed by atoms with Crippen LogP contribution in [0, 0.1) is 52.3 Å². The van der Waals surface area contributed by atoms with Crippen LogP contribution in [0.5, 0.6) is 0 Å². The Morgan fingerprint density at radius 1 is 0.689 bits per heavy atom. The number of ether oxygens (including phenoxy) is 7. The van der Waals surface area contributed by atoms with E-state index in [4.69, 9.17) is 33.2 Å². The van der Waals surface area contributed by atoms with Crippen molar-refractivity contribution in [1.82, 2.24) is 0 Å². The van der Waals surface area contributed by atoms with Crippen LogP contribution < -0.4 is 0 Å². The van der Waals surface area contributed by atoms with Crippen LogP contribution in [-0.4, -0.2) is 181 Å². The van der Waals surface area contributed by atoms with Crippen LogP contribution in [-0.2, 0) is 33.2 Å². The van der Waals surface area contributed by atoms with Crippen molar-refractivity contribution in [3.05, 3.63) is 11.6 Å². The summed E-state index contributed by atoms with van der Waals surface area (Å²) in [6.07, 6.45) is -14.7. The van der Waals surface area contributed by atoms with Crippen molar-refractivity contribution < 1.29 is 84.2 Å². The Hall–Kier alpha value is -0.940. The molecule has 11 unspecified atom stereocenters. The molecule has 4 saturated carbocycles. The lowest BCUT2D eigenvalue weighted by molar-refractivity contribution is -0.382. The van der Waals surface area contributed by atoms with Crippen molar-refractivity contribution in [3.8, 4) is 0 Å². The van der Waals surface area contributed by atoms with Gasteiger partial charge in [0.1, 0.15) is 61.0 Å². The molecule has 61 heavy (non-hydrogen) atoms. The van der Waals surface area contributed by atoms with Gasteiger partial charge in [0.05, 0.1) is 49.8 Å². The maximum absolute atomic E-state index is 11.5. The molecule has 17 nitrogen and oxygen atoms in total. The maximum atomic E-state index is 11.5. The third kappa shape index (κ3) is 7.06. The van der Waals surface area contributed by atoms with E-state index in [0.29, 0.717) is 36.7 Å². The van der Waals surface area contributed by atoms with E-state index >= 15 is 0 Å². The van der Waals surface area contributed by atoms with Crippen LogP contribution in [0.1, 0.15) is 79.6 Å². The fourth-order valence-corrected chi connectivity index (χ4v) is 14.5. The monoisotopic (exact) mass is 870 g/mol. The Morgan fingerprint density at radius 2 is 1.38 bits per heavy atom. The van der Waals surface area contributed by atoms with Gasteiger partial charge in [0.25, 0.3) is 0 Å². The Labute approximate surface area is 356 Å². The predicted molar refractivity (Wildman–Crippen MR) is 210 cm³/mol. The molecule has 5 aliphatic carbocycles. The van der Waals surface area contributed by atoms with E-state index in [1.54, 1.807) is 0 Å². The van der Waals surface area contributed by atoms with E-state index in [0.717, 1.165) is 37.7 Å². The van der Waals surface area contributed by atoms with Crippen molar-refractivity contribution >= 4 is 0 Å². The summed E-state index contributed by atoms with van der Waals surface area (Å²) in [5, 5.41) is 109. The van der Waals surface area contributed by atoms with E-state index in [1.165, 1.54) is 6.92 Å². The van der Waals surface area contributed by atoms with Crippen LogP contribution in [0.2, 0.25) is 0 Å². The van der Waals surface area contributed by atoms with Crippen molar-refractivity contribution in [3.63, 3.8) is 0 Å². The summed E-state index contributed by atoms with van der Waals surface area (Å²) >= 11 is 0. The maximum Gasteiger partial charge on any atom is 0.187 e. The number of fused-ring (bicyclic) bond motifs is 7. The summed E-state index contributed by atoms with van der Waals surface area (Å²) in [6, 6.07) is 0. The lowest BCUT2D eigenvalue weighted by Gasteiger charge is -2.61. The number of allylic oxidation sites excluding steroid dienone is 1. The van der Waals surface area contributed by atoms with Gasteiger partial charge in [-0.1, -0.05) is 39.3 Å². The minimum Gasteiger partial charge on any atom is -0.393 e. The van der Waals surface area contributed by atoms with Crippen LogP contribution in [0.4, 0.5) is 0 Å².